The van der Waals surface area contributed by atoms with Gasteiger partial charge in [0.1, 0.15) is 0 Å². The number of aromatic nitrogens is 2. The smallest absolute Gasteiger partial charge is 0.160 e. The van der Waals surface area contributed by atoms with Crippen molar-refractivity contribution in [2.24, 2.45) is 0 Å². The summed E-state index contributed by atoms with van der Waals surface area (Å²) in [5.41, 5.74) is 19.1. The number of hydrogen-bond donors (Lipinski definition) is 0. The molecule has 0 radical (unpaired) electrons. The van der Waals surface area contributed by atoms with Gasteiger partial charge in [-0.05, 0) is 119 Å². The fraction of sp³-hybridized carbons (Fsp3) is 0.0149. The summed E-state index contributed by atoms with van der Waals surface area (Å²) in [6.45, 7) is 0. The maximum absolute atomic E-state index is 5.33. The number of fused-ring (bicyclic) bond motifs is 5. The lowest BCUT2D eigenvalue weighted by atomic mass is 9.67. The van der Waals surface area contributed by atoms with Crippen molar-refractivity contribution in [2.45, 2.75) is 5.41 Å². The predicted molar refractivity (Wildman–Crippen MR) is 287 cm³/mol. The Hall–Kier alpha value is -8.98. The summed E-state index contributed by atoms with van der Waals surface area (Å²) in [4.78, 5) is 10.6. The molecular weight excluding hydrogens is 833 g/mol. The Morgan fingerprint density at radius 3 is 1.41 bits per heavy atom. The molecule has 0 aliphatic heterocycles. The van der Waals surface area contributed by atoms with E-state index in [4.69, 9.17) is 9.97 Å². The summed E-state index contributed by atoms with van der Waals surface area (Å²) in [6, 6.07) is 96.9. The molecule has 11 aromatic carbocycles. The molecule has 0 atom stereocenters. The third-order valence-corrected chi connectivity index (χ3v) is 14.2. The Morgan fingerprint density at radius 1 is 0.246 bits per heavy atom. The first-order chi connectivity index (χ1) is 34.2. The molecule has 2 nitrogen and oxygen atoms in total. The second-order valence-electron chi connectivity index (χ2n) is 18.0. The normalized spacial score (nSPS) is 12.5. The van der Waals surface area contributed by atoms with Crippen LogP contribution >= 0.6 is 0 Å². The van der Waals surface area contributed by atoms with E-state index in [1.54, 1.807) is 0 Å². The molecule has 1 aliphatic rings. The highest BCUT2D eigenvalue weighted by Gasteiger charge is 2.46. The Kier molecular flexibility index (Phi) is 9.77. The fourth-order valence-corrected chi connectivity index (χ4v) is 11.0. The first-order valence-electron chi connectivity index (χ1n) is 23.7. The lowest BCUT2D eigenvalue weighted by Gasteiger charge is -2.34. The Balaban J connectivity index is 1.01. The van der Waals surface area contributed by atoms with Gasteiger partial charge in [-0.3, -0.25) is 0 Å². The van der Waals surface area contributed by atoms with Crippen LogP contribution in [0.5, 0.6) is 0 Å². The molecule has 2 heteroatoms. The van der Waals surface area contributed by atoms with Crippen molar-refractivity contribution in [3.8, 4) is 78.4 Å². The van der Waals surface area contributed by atoms with Gasteiger partial charge in [-0.2, -0.15) is 0 Å². The molecule has 12 aromatic rings. The first kappa shape index (κ1) is 40.3. The molecule has 322 valence electrons. The van der Waals surface area contributed by atoms with Crippen LogP contribution in [0.15, 0.2) is 267 Å². The van der Waals surface area contributed by atoms with E-state index >= 15 is 0 Å². The van der Waals surface area contributed by atoms with Gasteiger partial charge in [0.05, 0.1) is 16.8 Å². The van der Waals surface area contributed by atoms with Crippen LogP contribution < -0.4 is 0 Å². The summed E-state index contributed by atoms with van der Waals surface area (Å²) < 4.78 is 0. The van der Waals surface area contributed by atoms with Gasteiger partial charge in [-0.25, -0.2) is 9.97 Å². The third kappa shape index (κ3) is 6.80. The molecule has 69 heavy (non-hydrogen) atoms. The van der Waals surface area contributed by atoms with Crippen molar-refractivity contribution >= 4 is 21.5 Å². The zero-order valence-electron chi connectivity index (χ0n) is 37.8. The molecule has 0 fully saturated rings. The summed E-state index contributed by atoms with van der Waals surface area (Å²) in [6.07, 6.45) is 0. The minimum atomic E-state index is -0.495. The van der Waals surface area contributed by atoms with Crippen molar-refractivity contribution in [2.75, 3.05) is 0 Å². The molecule has 1 aromatic heterocycles. The van der Waals surface area contributed by atoms with Crippen molar-refractivity contribution in [1.29, 1.82) is 0 Å². The van der Waals surface area contributed by atoms with E-state index in [2.05, 4.69) is 261 Å². The van der Waals surface area contributed by atoms with Gasteiger partial charge in [0, 0.05) is 16.7 Å². The van der Waals surface area contributed by atoms with Gasteiger partial charge in [0.15, 0.2) is 5.82 Å². The SMILES string of the molecule is c1ccc(-c2cc(-c3ccc4c(c3)C(c3ccccc3)(c3ccccc3)c3ccccc3-4)cc(-c3ccc(-c4cc(-c5cccc6ccccc56)nc(-c5ccccc5)n4)c4ccccc34)c2)cc1. The standard InChI is InChI=1S/C67H44N2/c1-5-20-45(21-6-1)49-40-50(48-36-37-59-58-33-17-18-35-62(58)67(63(59)43-48,52-26-9-3-10-27-52)53-28-11-4-12-29-53)42-51(41-49)55-38-39-61(57-32-16-15-31-56(55)57)65-44-64(68-66(69-65)47-23-7-2-8-24-47)60-34-19-25-46-22-13-14-30-54(46)60/h1-44H. The van der Waals surface area contributed by atoms with Crippen molar-refractivity contribution in [3.05, 3.63) is 289 Å². The maximum Gasteiger partial charge on any atom is 0.160 e. The average Bonchev–Trinajstić information content (AvgIpc) is 3.73. The van der Waals surface area contributed by atoms with Gasteiger partial charge in [-0.15, -0.1) is 0 Å². The summed E-state index contributed by atoms with van der Waals surface area (Å²) in [7, 11) is 0. The topological polar surface area (TPSA) is 25.8 Å². The van der Waals surface area contributed by atoms with E-state index in [-0.39, 0.29) is 0 Å². The molecule has 0 spiro atoms. The number of rotatable bonds is 8. The lowest BCUT2D eigenvalue weighted by molar-refractivity contribution is 0.769. The number of nitrogens with zero attached hydrogens (tertiary/aromatic N) is 2. The maximum atomic E-state index is 5.33. The molecule has 1 aliphatic carbocycles. The summed E-state index contributed by atoms with van der Waals surface area (Å²) >= 11 is 0. The minimum Gasteiger partial charge on any atom is -0.228 e. The van der Waals surface area contributed by atoms with E-state index in [0.717, 1.165) is 60.9 Å². The molecule has 0 saturated carbocycles. The summed E-state index contributed by atoms with van der Waals surface area (Å²) in [5, 5.41) is 4.64. The van der Waals surface area contributed by atoms with Crippen LogP contribution in [0.4, 0.5) is 0 Å². The van der Waals surface area contributed by atoms with Gasteiger partial charge in [0.2, 0.25) is 0 Å². The molecule has 0 saturated heterocycles. The van der Waals surface area contributed by atoms with Crippen molar-refractivity contribution in [3.63, 3.8) is 0 Å². The Bertz CT molecular complexity index is 3830. The zero-order chi connectivity index (χ0) is 45.7. The van der Waals surface area contributed by atoms with Crippen LogP contribution in [0, 0.1) is 0 Å². The molecule has 0 N–H and O–H groups in total. The Morgan fingerprint density at radius 2 is 0.710 bits per heavy atom. The van der Waals surface area contributed by atoms with Crippen LogP contribution in [0.3, 0.4) is 0 Å². The highest BCUT2D eigenvalue weighted by molar-refractivity contribution is 6.06. The molecule has 0 amide bonds. The minimum absolute atomic E-state index is 0.495. The van der Waals surface area contributed by atoms with E-state index < -0.39 is 5.41 Å². The van der Waals surface area contributed by atoms with E-state index in [1.165, 1.54) is 55.5 Å². The van der Waals surface area contributed by atoms with E-state index in [1.807, 2.05) is 6.07 Å². The molecular formula is C67H44N2. The predicted octanol–water partition coefficient (Wildman–Crippen LogP) is 17.1. The van der Waals surface area contributed by atoms with E-state index in [9.17, 15) is 0 Å². The largest absolute Gasteiger partial charge is 0.228 e. The van der Waals surface area contributed by atoms with Gasteiger partial charge < -0.3 is 0 Å². The second kappa shape index (κ2) is 16.7. The van der Waals surface area contributed by atoms with Crippen molar-refractivity contribution < 1.29 is 0 Å². The number of benzene rings is 11. The van der Waals surface area contributed by atoms with Crippen LogP contribution in [-0.4, -0.2) is 9.97 Å². The zero-order valence-corrected chi connectivity index (χ0v) is 37.8. The number of hydrogen-bond acceptors (Lipinski definition) is 2. The van der Waals surface area contributed by atoms with E-state index in [0.29, 0.717) is 5.82 Å². The van der Waals surface area contributed by atoms with Crippen LogP contribution in [0.1, 0.15) is 22.3 Å². The van der Waals surface area contributed by atoms with Gasteiger partial charge >= 0.3 is 0 Å². The van der Waals surface area contributed by atoms with Gasteiger partial charge in [-0.1, -0.05) is 237 Å². The molecule has 0 bridgehead atoms. The van der Waals surface area contributed by atoms with Crippen LogP contribution in [0.25, 0.3) is 100.0 Å². The average molecular weight is 877 g/mol. The Labute approximate surface area is 402 Å². The quantitative estimate of drug-likeness (QED) is 0.152. The van der Waals surface area contributed by atoms with Gasteiger partial charge in [0.25, 0.3) is 0 Å². The second-order valence-corrected chi connectivity index (χ2v) is 18.0. The summed E-state index contributed by atoms with van der Waals surface area (Å²) in [5.74, 6) is 0.699. The first-order valence-corrected chi connectivity index (χ1v) is 23.7. The monoisotopic (exact) mass is 876 g/mol. The fourth-order valence-electron chi connectivity index (χ4n) is 11.0. The highest BCUT2D eigenvalue weighted by atomic mass is 14.9. The lowest BCUT2D eigenvalue weighted by Crippen LogP contribution is -2.28. The highest BCUT2D eigenvalue weighted by Crippen LogP contribution is 2.57. The van der Waals surface area contributed by atoms with Crippen LogP contribution in [-0.2, 0) is 5.41 Å². The third-order valence-electron chi connectivity index (χ3n) is 14.2. The van der Waals surface area contributed by atoms with Crippen molar-refractivity contribution in [1.82, 2.24) is 9.97 Å². The molecule has 0 unspecified atom stereocenters. The molecule has 1 heterocycles. The van der Waals surface area contributed by atoms with Crippen LogP contribution in [0.2, 0.25) is 0 Å². The molecule has 13 rings (SSSR count).